The van der Waals surface area contributed by atoms with Gasteiger partial charge in [-0.3, -0.25) is 4.21 Å². The molecule has 2 atom stereocenters. The van der Waals surface area contributed by atoms with Gasteiger partial charge in [-0.1, -0.05) is 0 Å². The Morgan fingerprint density at radius 2 is 1.83 bits per heavy atom. The molecule has 1 N–H and O–H groups in total. The third-order valence-corrected chi connectivity index (χ3v) is 7.26. The fraction of sp³-hybridized carbons (Fsp3) is 0.333. The average Bonchev–Trinajstić information content (AvgIpc) is 3.38. The van der Waals surface area contributed by atoms with Crippen LogP contribution in [-0.4, -0.2) is 47.6 Å². The molecule has 10 nitrogen and oxygen atoms in total. The number of carbonyl (C=O) groups is 2. The molecule has 12 heteroatoms. The van der Waals surface area contributed by atoms with Crippen molar-refractivity contribution < 1.29 is 45.6 Å². The van der Waals surface area contributed by atoms with Gasteiger partial charge in [0.25, 0.3) is 5.60 Å². The van der Waals surface area contributed by atoms with Crippen molar-refractivity contribution in [3.63, 3.8) is 0 Å². The van der Waals surface area contributed by atoms with Gasteiger partial charge in [0.15, 0.2) is 14.7 Å². The number of hydrogen-bond donors (Lipinski definition) is 1. The lowest BCUT2D eigenvalue weighted by Crippen LogP contribution is -2.49. The number of rotatable bonds is 9. The quantitative estimate of drug-likeness (QED) is 0.546. The summed E-state index contributed by atoms with van der Waals surface area (Å²) in [6.45, 7) is 1.29. The summed E-state index contributed by atoms with van der Waals surface area (Å²) in [6.07, 6.45) is 2.60. The van der Waals surface area contributed by atoms with Crippen molar-refractivity contribution in [1.82, 2.24) is 0 Å². The minimum atomic E-state index is -4.51. The van der Waals surface area contributed by atoms with E-state index in [2.05, 4.69) is 0 Å². The third-order valence-electron chi connectivity index (χ3n) is 4.12. The van der Waals surface area contributed by atoms with E-state index in [1.807, 2.05) is 0 Å². The zero-order valence-electron chi connectivity index (χ0n) is 15.7. The lowest BCUT2D eigenvalue weighted by atomic mass is 10.1. The highest BCUT2D eigenvalue weighted by Gasteiger charge is 2.61. The van der Waals surface area contributed by atoms with Crippen LogP contribution >= 0.6 is 0 Å². The molecule has 0 spiro atoms. The Labute approximate surface area is 173 Å². The van der Waals surface area contributed by atoms with Crippen molar-refractivity contribution in [3.05, 3.63) is 59.0 Å². The van der Waals surface area contributed by atoms with Gasteiger partial charge in [0.2, 0.25) is 5.76 Å². The molecule has 30 heavy (non-hydrogen) atoms. The molecule has 1 aliphatic heterocycles. The number of sulfone groups is 1. The summed E-state index contributed by atoms with van der Waals surface area (Å²) in [6, 6.07) is 5.92. The molecule has 162 valence electrons. The first-order valence-electron chi connectivity index (χ1n) is 8.66. The van der Waals surface area contributed by atoms with Gasteiger partial charge in [0.05, 0.1) is 30.6 Å². The van der Waals surface area contributed by atoms with Crippen LogP contribution in [0.2, 0.25) is 0 Å². The van der Waals surface area contributed by atoms with Gasteiger partial charge in [-0.15, -0.1) is 0 Å². The maximum Gasteiger partial charge on any atom is 0.376 e. The van der Waals surface area contributed by atoms with Crippen LogP contribution in [-0.2, 0) is 51.2 Å². The summed E-state index contributed by atoms with van der Waals surface area (Å²) < 4.78 is 58.9. The molecule has 0 saturated carbocycles. The normalized spacial score (nSPS) is 20.2. The number of carbonyl (C=O) groups excluding carboxylic acids is 2. The number of ether oxygens (including phenoxy) is 2. The summed E-state index contributed by atoms with van der Waals surface area (Å²) in [5, 5.41) is 10.2. The minimum Gasteiger partial charge on any atom is -0.501 e. The molecule has 2 unspecified atom stereocenters. The number of furan rings is 2. The molecule has 0 radical (unpaired) electrons. The SMILES string of the molecule is CCOC(=O)C1(CS(=O)Cc2ccco2)OC(=O)C(O)=C1S(=O)(=O)Cc1ccco1. The highest BCUT2D eigenvalue weighted by molar-refractivity contribution is 7.94. The number of esters is 2. The van der Waals surface area contributed by atoms with E-state index in [0.717, 1.165) is 0 Å². The Morgan fingerprint density at radius 1 is 1.20 bits per heavy atom. The van der Waals surface area contributed by atoms with Crippen molar-refractivity contribution in [1.29, 1.82) is 0 Å². The Kier molecular flexibility index (Phi) is 6.17. The summed E-state index contributed by atoms with van der Waals surface area (Å²) >= 11 is 0. The Balaban J connectivity index is 2.04. The molecule has 3 rings (SSSR count). The third kappa shape index (κ3) is 4.19. The van der Waals surface area contributed by atoms with Crippen molar-refractivity contribution in [2.75, 3.05) is 12.4 Å². The molecule has 2 aromatic rings. The predicted molar refractivity (Wildman–Crippen MR) is 102 cm³/mol. The summed E-state index contributed by atoms with van der Waals surface area (Å²) in [7, 11) is -6.44. The molecular formula is C18H18O10S2. The second-order valence-electron chi connectivity index (χ2n) is 6.26. The van der Waals surface area contributed by atoms with E-state index in [-0.39, 0.29) is 18.1 Å². The predicted octanol–water partition coefficient (Wildman–Crippen LogP) is 1.36. The number of aliphatic hydroxyl groups excluding tert-OH is 1. The standard InChI is InChI=1S/C18H18O10S2/c1-2-25-17(21)18(11-29(22)9-12-5-3-7-26-12)15(14(19)16(20)28-18)30(23,24)10-13-6-4-8-27-13/h3-8,19H,2,9-11H2,1H3. The number of aliphatic hydroxyl groups is 1. The summed E-state index contributed by atoms with van der Waals surface area (Å²) in [5.41, 5.74) is -2.60. The Bertz CT molecular complexity index is 1080. The van der Waals surface area contributed by atoms with E-state index in [4.69, 9.17) is 18.3 Å². The van der Waals surface area contributed by atoms with Gasteiger partial charge >= 0.3 is 11.9 Å². The highest BCUT2D eigenvalue weighted by Crippen LogP contribution is 2.39. The Hall–Kier alpha value is -2.86. The molecule has 0 saturated heterocycles. The van der Waals surface area contributed by atoms with Crippen molar-refractivity contribution >= 4 is 32.6 Å². The van der Waals surface area contributed by atoms with Gasteiger partial charge < -0.3 is 23.4 Å². The van der Waals surface area contributed by atoms with Crippen LogP contribution in [0, 0.1) is 0 Å². The summed E-state index contributed by atoms with van der Waals surface area (Å²) in [5.74, 6) is -5.34. The second kappa shape index (κ2) is 8.48. The molecule has 0 aromatic carbocycles. The van der Waals surface area contributed by atoms with Crippen molar-refractivity contribution in [2.24, 2.45) is 0 Å². The Morgan fingerprint density at radius 3 is 2.40 bits per heavy atom. The van der Waals surface area contributed by atoms with Gasteiger partial charge in [-0.2, -0.15) is 0 Å². The smallest absolute Gasteiger partial charge is 0.376 e. The number of cyclic esters (lactones) is 1. The molecule has 0 fully saturated rings. The largest absolute Gasteiger partial charge is 0.501 e. The maximum atomic E-state index is 13.0. The van der Waals surface area contributed by atoms with E-state index < -0.39 is 60.3 Å². The summed E-state index contributed by atoms with van der Waals surface area (Å²) in [4.78, 5) is 23.9. The minimum absolute atomic E-state index is 0.00381. The van der Waals surface area contributed by atoms with Gasteiger partial charge in [-0.05, 0) is 31.2 Å². The average molecular weight is 458 g/mol. The van der Waals surface area contributed by atoms with E-state index >= 15 is 0 Å². The van der Waals surface area contributed by atoms with Crippen LogP contribution < -0.4 is 0 Å². The molecule has 2 aromatic heterocycles. The van der Waals surface area contributed by atoms with Crippen molar-refractivity contribution in [2.45, 2.75) is 24.0 Å². The van der Waals surface area contributed by atoms with Crippen LogP contribution in [0.5, 0.6) is 0 Å². The van der Waals surface area contributed by atoms with E-state index in [1.165, 1.54) is 37.6 Å². The molecule has 0 aliphatic carbocycles. The van der Waals surface area contributed by atoms with Crippen LogP contribution in [0.15, 0.2) is 56.3 Å². The van der Waals surface area contributed by atoms with E-state index in [0.29, 0.717) is 5.76 Å². The fourth-order valence-corrected chi connectivity index (χ4v) is 6.17. The highest BCUT2D eigenvalue weighted by atomic mass is 32.2. The van der Waals surface area contributed by atoms with Gasteiger partial charge in [0, 0.05) is 10.8 Å². The van der Waals surface area contributed by atoms with Crippen LogP contribution in [0.1, 0.15) is 18.4 Å². The molecule has 0 amide bonds. The van der Waals surface area contributed by atoms with E-state index in [9.17, 15) is 27.3 Å². The zero-order chi connectivity index (χ0) is 21.9. The van der Waals surface area contributed by atoms with E-state index in [1.54, 1.807) is 6.07 Å². The molecule has 1 aliphatic rings. The first-order valence-corrected chi connectivity index (χ1v) is 11.8. The lowest BCUT2D eigenvalue weighted by molar-refractivity contribution is -0.170. The topological polar surface area (TPSA) is 150 Å². The van der Waals surface area contributed by atoms with Crippen LogP contribution in [0.3, 0.4) is 0 Å². The fourth-order valence-electron chi connectivity index (χ4n) is 2.96. The second-order valence-corrected chi connectivity index (χ2v) is 9.64. The first kappa shape index (κ1) is 21.8. The van der Waals surface area contributed by atoms with Gasteiger partial charge in [-0.25, -0.2) is 18.0 Å². The molecule has 0 bridgehead atoms. The molecular weight excluding hydrogens is 440 g/mol. The maximum absolute atomic E-state index is 13.0. The van der Waals surface area contributed by atoms with Crippen LogP contribution in [0.25, 0.3) is 0 Å². The zero-order valence-corrected chi connectivity index (χ0v) is 17.4. The van der Waals surface area contributed by atoms with Gasteiger partial charge in [0.1, 0.15) is 17.3 Å². The molecule has 3 heterocycles. The first-order chi connectivity index (χ1) is 14.2. The monoisotopic (exact) mass is 458 g/mol. The van der Waals surface area contributed by atoms with Crippen LogP contribution in [0.4, 0.5) is 0 Å². The lowest BCUT2D eigenvalue weighted by Gasteiger charge is -2.27. The number of hydrogen-bond acceptors (Lipinski definition) is 10. The van der Waals surface area contributed by atoms with Crippen molar-refractivity contribution in [3.8, 4) is 0 Å².